The maximum atomic E-state index is 10.2. The number of aliphatic hydroxyl groups excluding tert-OH is 1. The molecule has 0 aliphatic carbocycles. The van der Waals surface area contributed by atoms with E-state index in [1.807, 2.05) is 23.7 Å². The van der Waals surface area contributed by atoms with E-state index in [0.29, 0.717) is 12.2 Å². The monoisotopic (exact) mass is 328 g/mol. The lowest BCUT2D eigenvalue weighted by Gasteiger charge is -2.23. The Morgan fingerprint density at radius 2 is 2.12 bits per heavy atom. The van der Waals surface area contributed by atoms with E-state index < -0.39 is 6.10 Å². The number of furan rings is 1. The van der Waals surface area contributed by atoms with Gasteiger partial charge in [0.15, 0.2) is 5.65 Å². The van der Waals surface area contributed by atoms with E-state index in [1.54, 1.807) is 18.4 Å². The minimum Gasteiger partial charge on any atom is -0.467 e. The first kappa shape index (κ1) is 16.7. The molecule has 2 N–H and O–H groups in total. The molecule has 0 aromatic carbocycles. The zero-order valence-electron chi connectivity index (χ0n) is 14.5. The third-order valence-corrected chi connectivity index (χ3v) is 4.33. The molecule has 3 aromatic rings. The van der Waals surface area contributed by atoms with Crippen LogP contribution in [0.4, 0.5) is 0 Å². The third kappa shape index (κ3) is 3.34. The van der Waals surface area contributed by atoms with Crippen molar-refractivity contribution in [1.29, 1.82) is 0 Å². The van der Waals surface area contributed by atoms with Crippen molar-refractivity contribution in [1.82, 2.24) is 19.9 Å². The smallest absolute Gasteiger partial charge is 0.155 e. The van der Waals surface area contributed by atoms with Crippen LogP contribution in [0.1, 0.15) is 55.1 Å². The Morgan fingerprint density at radius 1 is 1.33 bits per heavy atom. The average Bonchev–Trinajstić information content (AvgIpc) is 3.16. The van der Waals surface area contributed by atoms with Gasteiger partial charge in [0.1, 0.15) is 11.9 Å². The lowest BCUT2D eigenvalue weighted by atomic mass is 10.0. The minimum atomic E-state index is -0.606. The van der Waals surface area contributed by atoms with E-state index in [9.17, 15) is 5.11 Å². The van der Waals surface area contributed by atoms with Crippen LogP contribution in [0.3, 0.4) is 0 Å². The van der Waals surface area contributed by atoms with Crippen molar-refractivity contribution in [3.05, 3.63) is 53.4 Å². The third-order valence-electron chi connectivity index (χ3n) is 4.33. The Kier molecular flexibility index (Phi) is 4.69. The fourth-order valence-electron chi connectivity index (χ4n) is 3.12. The van der Waals surface area contributed by atoms with Crippen LogP contribution in [0.5, 0.6) is 0 Å². The van der Waals surface area contributed by atoms with Gasteiger partial charge in [-0.15, -0.1) is 0 Å². The number of hydrogen-bond donors (Lipinski definition) is 2. The summed E-state index contributed by atoms with van der Waals surface area (Å²) in [6, 6.07) is 5.77. The number of nitrogens with zero attached hydrogens (tertiary/aromatic N) is 3. The van der Waals surface area contributed by atoms with E-state index in [2.05, 4.69) is 36.2 Å². The molecule has 0 aliphatic rings. The predicted octanol–water partition coefficient (Wildman–Crippen LogP) is 3.10. The molecule has 0 aliphatic heterocycles. The van der Waals surface area contributed by atoms with Gasteiger partial charge in [-0.05, 0) is 46.2 Å². The van der Waals surface area contributed by atoms with Crippen molar-refractivity contribution >= 4 is 5.65 Å². The summed E-state index contributed by atoms with van der Waals surface area (Å²) in [7, 11) is 0. The fraction of sp³-hybridized carbons (Fsp3) is 0.444. The molecule has 3 atom stereocenters. The molecule has 0 amide bonds. The second kappa shape index (κ2) is 6.75. The lowest BCUT2D eigenvalue weighted by molar-refractivity contribution is 0.127. The standard InChI is InChI=1S/C18H24N4O2/c1-11(8-16(23)17-6-5-7-24-17)20-13(3)15-10-19-18-9-12(2)21-22(18)14(15)4/h5-7,9-11,13,16,20,23H,8H2,1-4H3. The van der Waals surface area contributed by atoms with Crippen molar-refractivity contribution in [2.75, 3.05) is 0 Å². The zero-order chi connectivity index (χ0) is 17.3. The van der Waals surface area contributed by atoms with Crippen LogP contribution in [0.25, 0.3) is 5.65 Å². The average molecular weight is 328 g/mol. The van der Waals surface area contributed by atoms with Gasteiger partial charge in [0, 0.05) is 35.6 Å². The second-order valence-electron chi connectivity index (χ2n) is 6.41. The number of aliphatic hydroxyl groups is 1. The van der Waals surface area contributed by atoms with Crippen molar-refractivity contribution in [3.63, 3.8) is 0 Å². The number of hydrogen-bond acceptors (Lipinski definition) is 5. The molecule has 0 fully saturated rings. The van der Waals surface area contributed by atoms with E-state index in [0.717, 1.165) is 22.6 Å². The molecule has 3 aromatic heterocycles. The first-order valence-corrected chi connectivity index (χ1v) is 8.25. The number of aryl methyl sites for hydroxylation is 2. The van der Waals surface area contributed by atoms with Crippen LogP contribution in [0, 0.1) is 13.8 Å². The molecule has 6 nitrogen and oxygen atoms in total. The van der Waals surface area contributed by atoms with Crippen molar-refractivity contribution in [3.8, 4) is 0 Å². The Bertz CT molecular complexity index is 810. The molecule has 3 unspecified atom stereocenters. The highest BCUT2D eigenvalue weighted by Gasteiger charge is 2.19. The lowest BCUT2D eigenvalue weighted by Crippen LogP contribution is -2.31. The highest BCUT2D eigenvalue weighted by atomic mass is 16.4. The Hall–Kier alpha value is -2.18. The van der Waals surface area contributed by atoms with Crippen LogP contribution in [0.15, 0.2) is 35.1 Å². The highest BCUT2D eigenvalue weighted by Crippen LogP contribution is 2.22. The van der Waals surface area contributed by atoms with Crippen LogP contribution in [0.2, 0.25) is 0 Å². The molecule has 0 spiro atoms. The van der Waals surface area contributed by atoms with Crippen LogP contribution in [-0.2, 0) is 0 Å². The van der Waals surface area contributed by atoms with Gasteiger partial charge in [-0.2, -0.15) is 5.10 Å². The summed E-state index contributed by atoms with van der Waals surface area (Å²) in [4.78, 5) is 4.49. The maximum Gasteiger partial charge on any atom is 0.155 e. The molecular formula is C18H24N4O2. The molecule has 128 valence electrons. The van der Waals surface area contributed by atoms with Crippen molar-refractivity contribution in [2.24, 2.45) is 0 Å². The Labute approximate surface area is 141 Å². The van der Waals surface area contributed by atoms with Gasteiger partial charge >= 0.3 is 0 Å². The highest BCUT2D eigenvalue weighted by molar-refractivity contribution is 5.42. The van der Waals surface area contributed by atoms with Crippen LogP contribution < -0.4 is 5.32 Å². The largest absolute Gasteiger partial charge is 0.467 e. The van der Waals surface area contributed by atoms with Gasteiger partial charge in [0.05, 0.1) is 12.0 Å². The SMILES string of the molecule is Cc1cc2ncc(C(C)NC(C)CC(O)c3ccco3)c(C)n2n1. The van der Waals surface area contributed by atoms with Gasteiger partial charge in [0.2, 0.25) is 0 Å². The second-order valence-corrected chi connectivity index (χ2v) is 6.41. The first-order chi connectivity index (χ1) is 11.5. The molecular weight excluding hydrogens is 304 g/mol. The van der Waals surface area contributed by atoms with Crippen LogP contribution >= 0.6 is 0 Å². The van der Waals surface area contributed by atoms with Crippen molar-refractivity contribution in [2.45, 2.75) is 52.3 Å². The first-order valence-electron chi connectivity index (χ1n) is 8.25. The summed E-state index contributed by atoms with van der Waals surface area (Å²) in [6.45, 7) is 8.18. The van der Waals surface area contributed by atoms with E-state index in [1.165, 1.54) is 0 Å². The molecule has 24 heavy (non-hydrogen) atoms. The molecule has 0 radical (unpaired) electrons. The molecule has 0 saturated carbocycles. The van der Waals surface area contributed by atoms with Gasteiger partial charge in [-0.1, -0.05) is 0 Å². The molecule has 0 saturated heterocycles. The van der Waals surface area contributed by atoms with Gasteiger partial charge in [0.25, 0.3) is 0 Å². The molecule has 3 heterocycles. The minimum absolute atomic E-state index is 0.102. The predicted molar refractivity (Wildman–Crippen MR) is 91.8 cm³/mol. The Morgan fingerprint density at radius 3 is 2.83 bits per heavy atom. The molecule has 0 bridgehead atoms. The van der Waals surface area contributed by atoms with Gasteiger partial charge < -0.3 is 14.8 Å². The summed E-state index contributed by atoms with van der Waals surface area (Å²) in [5, 5.41) is 18.2. The van der Waals surface area contributed by atoms with E-state index in [-0.39, 0.29) is 12.1 Å². The summed E-state index contributed by atoms with van der Waals surface area (Å²) < 4.78 is 7.14. The Balaban J connectivity index is 1.70. The quantitative estimate of drug-likeness (QED) is 0.727. The summed E-state index contributed by atoms with van der Waals surface area (Å²) in [5.41, 5.74) is 4.00. The number of rotatable bonds is 6. The van der Waals surface area contributed by atoms with Crippen molar-refractivity contribution < 1.29 is 9.52 Å². The number of fused-ring (bicyclic) bond motifs is 1. The zero-order valence-corrected chi connectivity index (χ0v) is 14.5. The van der Waals surface area contributed by atoms with E-state index >= 15 is 0 Å². The van der Waals surface area contributed by atoms with Gasteiger partial charge in [-0.3, -0.25) is 0 Å². The summed E-state index contributed by atoms with van der Waals surface area (Å²) >= 11 is 0. The fourth-order valence-corrected chi connectivity index (χ4v) is 3.12. The number of nitrogens with one attached hydrogen (secondary N) is 1. The maximum absolute atomic E-state index is 10.2. The molecule has 6 heteroatoms. The number of aromatic nitrogens is 3. The van der Waals surface area contributed by atoms with Gasteiger partial charge in [-0.25, -0.2) is 9.50 Å². The normalized spacial score (nSPS) is 15.5. The van der Waals surface area contributed by atoms with Crippen LogP contribution in [-0.4, -0.2) is 25.7 Å². The molecule has 3 rings (SSSR count). The van der Waals surface area contributed by atoms with E-state index in [4.69, 9.17) is 4.42 Å². The summed E-state index contributed by atoms with van der Waals surface area (Å²) in [5.74, 6) is 0.600. The summed E-state index contributed by atoms with van der Waals surface area (Å²) in [6.07, 6.45) is 3.45. The topological polar surface area (TPSA) is 75.6 Å².